The molecule has 1 unspecified atom stereocenters. The third-order valence-corrected chi connectivity index (χ3v) is 5.78. The Morgan fingerprint density at radius 3 is 2.54 bits per heavy atom. The molecule has 0 spiro atoms. The van der Waals surface area contributed by atoms with Gasteiger partial charge >= 0.3 is 6.09 Å². The van der Waals surface area contributed by atoms with Crippen molar-refractivity contribution < 1.29 is 23.1 Å². The highest BCUT2D eigenvalue weighted by atomic mass is 19.2. The third-order valence-electron chi connectivity index (χ3n) is 5.78. The van der Waals surface area contributed by atoms with Crippen LogP contribution in [0.15, 0.2) is 12.1 Å². The molecular formula is C18H24F3N3O2. The predicted molar refractivity (Wildman–Crippen MR) is 90.4 cm³/mol. The molecule has 1 amide bonds. The minimum Gasteiger partial charge on any atom is -0.465 e. The maximum Gasteiger partial charge on any atom is 0.404 e. The lowest BCUT2D eigenvalue weighted by molar-refractivity contribution is 0.159. The van der Waals surface area contributed by atoms with Crippen molar-refractivity contribution in [1.82, 2.24) is 10.2 Å². The Labute approximate surface area is 150 Å². The number of carboxylic acid groups (broad SMARTS) is 1. The number of halogens is 3. The van der Waals surface area contributed by atoms with Gasteiger partial charge in [0.15, 0.2) is 11.6 Å². The SMILES string of the molecule is C[C@H]1CN([C@H]2CC[C@H](c3cc(F)c(F)cc3F)C(N)C2)C[C@H]1NC(=O)O. The van der Waals surface area contributed by atoms with E-state index in [9.17, 15) is 18.0 Å². The monoisotopic (exact) mass is 371 g/mol. The Morgan fingerprint density at radius 2 is 1.88 bits per heavy atom. The molecule has 1 aromatic rings. The molecular weight excluding hydrogens is 347 g/mol. The quantitative estimate of drug-likeness (QED) is 0.714. The largest absolute Gasteiger partial charge is 0.465 e. The van der Waals surface area contributed by atoms with Gasteiger partial charge in [-0.2, -0.15) is 0 Å². The molecule has 1 saturated heterocycles. The summed E-state index contributed by atoms with van der Waals surface area (Å²) in [6.07, 6.45) is 0.909. The van der Waals surface area contributed by atoms with Crippen LogP contribution < -0.4 is 11.1 Å². The molecule has 0 aromatic heterocycles. The molecule has 1 aliphatic carbocycles. The number of hydrogen-bond donors (Lipinski definition) is 3. The average molecular weight is 371 g/mol. The Hall–Kier alpha value is -1.80. The fourth-order valence-corrected chi connectivity index (χ4v) is 4.37. The van der Waals surface area contributed by atoms with E-state index < -0.39 is 23.5 Å². The maximum atomic E-state index is 14.1. The summed E-state index contributed by atoms with van der Waals surface area (Å²) in [5, 5.41) is 11.5. The normalized spacial score (nSPS) is 32.6. The molecule has 1 aromatic carbocycles. The zero-order valence-corrected chi connectivity index (χ0v) is 14.6. The Morgan fingerprint density at radius 1 is 1.19 bits per heavy atom. The lowest BCUT2D eigenvalue weighted by Crippen LogP contribution is -2.46. The predicted octanol–water partition coefficient (Wildman–Crippen LogP) is 2.66. The van der Waals surface area contributed by atoms with Crippen LogP contribution in [0.1, 0.15) is 37.7 Å². The molecule has 8 heteroatoms. The van der Waals surface area contributed by atoms with E-state index in [2.05, 4.69) is 10.2 Å². The topological polar surface area (TPSA) is 78.6 Å². The first-order valence-corrected chi connectivity index (χ1v) is 8.89. The molecule has 1 aliphatic heterocycles. The van der Waals surface area contributed by atoms with Gasteiger partial charge in [0, 0.05) is 43.2 Å². The van der Waals surface area contributed by atoms with Crippen molar-refractivity contribution in [1.29, 1.82) is 0 Å². The smallest absolute Gasteiger partial charge is 0.404 e. The lowest BCUT2D eigenvalue weighted by Gasteiger charge is -2.39. The van der Waals surface area contributed by atoms with Gasteiger partial charge < -0.3 is 16.2 Å². The first-order chi connectivity index (χ1) is 12.3. The molecule has 3 rings (SSSR count). The van der Waals surface area contributed by atoms with Crippen molar-refractivity contribution in [3.8, 4) is 0 Å². The molecule has 5 nitrogen and oxygen atoms in total. The van der Waals surface area contributed by atoms with E-state index in [1.54, 1.807) is 0 Å². The van der Waals surface area contributed by atoms with Crippen LogP contribution in [0.2, 0.25) is 0 Å². The van der Waals surface area contributed by atoms with Crippen LogP contribution in [0.3, 0.4) is 0 Å². The molecule has 1 saturated carbocycles. The van der Waals surface area contributed by atoms with Crippen LogP contribution in [0.4, 0.5) is 18.0 Å². The summed E-state index contributed by atoms with van der Waals surface area (Å²) >= 11 is 0. The van der Waals surface area contributed by atoms with E-state index >= 15 is 0 Å². The number of nitrogens with one attached hydrogen (secondary N) is 1. The molecule has 2 aliphatic rings. The summed E-state index contributed by atoms with van der Waals surface area (Å²) in [7, 11) is 0. The van der Waals surface area contributed by atoms with Gasteiger partial charge in [0.25, 0.3) is 0 Å². The first kappa shape index (κ1) is 19.0. The highest BCUT2D eigenvalue weighted by Crippen LogP contribution is 2.37. The van der Waals surface area contributed by atoms with Crippen molar-refractivity contribution in [2.45, 2.75) is 50.2 Å². The highest BCUT2D eigenvalue weighted by Gasteiger charge is 2.39. The fraction of sp³-hybridized carbons (Fsp3) is 0.611. The molecule has 1 heterocycles. The van der Waals surface area contributed by atoms with Gasteiger partial charge in [0.2, 0.25) is 0 Å². The molecule has 0 radical (unpaired) electrons. The number of amides is 1. The molecule has 144 valence electrons. The molecule has 4 N–H and O–H groups in total. The van der Waals surface area contributed by atoms with E-state index in [-0.39, 0.29) is 35.5 Å². The highest BCUT2D eigenvalue weighted by molar-refractivity contribution is 5.65. The zero-order chi connectivity index (χ0) is 19.0. The maximum absolute atomic E-state index is 14.1. The van der Waals surface area contributed by atoms with E-state index in [4.69, 9.17) is 10.8 Å². The zero-order valence-electron chi connectivity index (χ0n) is 14.6. The summed E-state index contributed by atoms with van der Waals surface area (Å²) in [6, 6.07) is 1.19. The van der Waals surface area contributed by atoms with Gasteiger partial charge in [-0.25, -0.2) is 18.0 Å². The summed E-state index contributed by atoms with van der Waals surface area (Å²) in [6.45, 7) is 3.39. The Bertz CT molecular complexity index is 688. The van der Waals surface area contributed by atoms with E-state index in [0.717, 1.165) is 19.0 Å². The number of hydrogen-bond acceptors (Lipinski definition) is 3. The summed E-state index contributed by atoms with van der Waals surface area (Å²) < 4.78 is 40.7. The van der Waals surface area contributed by atoms with Gasteiger partial charge in [0.05, 0.1) is 0 Å². The van der Waals surface area contributed by atoms with Crippen LogP contribution in [0, 0.1) is 23.4 Å². The number of likely N-dealkylation sites (tertiary alicyclic amines) is 1. The number of rotatable bonds is 3. The van der Waals surface area contributed by atoms with Gasteiger partial charge in [-0.3, -0.25) is 4.90 Å². The van der Waals surface area contributed by atoms with Crippen LogP contribution in [0.25, 0.3) is 0 Å². The van der Waals surface area contributed by atoms with Crippen molar-refractivity contribution in [2.24, 2.45) is 11.7 Å². The summed E-state index contributed by atoms with van der Waals surface area (Å²) in [4.78, 5) is 13.1. The second kappa shape index (κ2) is 7.44. The Balaban J connectivity index is 1.66. The molecule has 2 fully saturated rings. The van der Waals surface area contributed by atoms with Crippen molar-refractivity contribution >= 4 is 6.09 Å². The molecule has 26 heavy (non-hydrogen) atoms. The number of carbonyl (C=O) groups is 1. The Kier molecular flexibility index (Phi) is 5.43. The van der Waals surface area contributed by atoms with Gasteiger partial charge in [-0.05, 0) is 36.8 Å². The van der Waals surface area contributed by atoms with Crippen molar-refractivity contribution in [3.63, 3.8) is 0 Å². The fourth-order valence-electron chi connectivity index (χ4n) is 4.37. The standard InChI is InChI=1S/C18H24F3N3O2/c1-9-7-24(8-17(9)23-18(25)26)10-2-3-11(16(22)4-10)12-5-14(20)15(21)6-13(12)19/h5-6,9-11,16-17,23H,2-4,7-8,22H2,1H3,(H,25,26)/t9-,10-,11+,16?,17+/m0/s1. The average Bonchev–Trinajstić information content (AvgIpc) is 2.91. The summed E-state index contributed by atoms with van der Waals surface area (Å²) in [5.41, 5.74) is 6.39. The van der Waals surface area contributed by atoms with Gasteiger partial charge in [-0.1, -0.05) is 6.92 Å². The van der Waals surface area contributed by atoms with Crippen molar-refractivity contribution in [2.75, 3.05) is 13.1 Å². The van der Waals surface area contributed by atoms with E-state index in [1.165, 1.54) is 0 Å². The molecule has 0 bridgehead atoms. The van der Waals surface area contributed by atoms with Crippen molar-refractivity contribution in [3.05, 3.63) is 35.1 Å². The van der Waals surface area contributed by atoms with E-state index in [0.29, 0.717) is 25.5 Å². The minimum absolute atomic E-state index is 0.120. The van der Waals surface area contributed by atoms with Gasteiger partial charge in [0.1, 0.15) is 5.82 Å². The number of benzene rings is 1. The molecule has 5 atom stereocenters. The first-order valence-electron chi connectivity index (χ1n) is 8.89. The van der Waals surface area contributed by atoms with E-state index in [1.807, 2.05) is 6.92 Å². The van der Waals surface area contributed by atoms with Crippen LogP contribution in [-0.4, -0.2) is 47.3 Å². The van der Waals surface area contributed by atoms with Crippen LogP contribution in [-0.2, 0) is 0 Å². The van der Waals surface area contributed by atoms with Crippen LogP contribution in [0.5, 0.6) is 0 Å². The number of nitrogens with two attached hydrogens (primary N) is 1. The van der Waals surface area contributed by atoms with Gasteiger partial charge in [-0.15, -0.1) is 0 Å². The second-order valence-electron chi connectivity index (χ2n) is 7.51. The lowest BCUT2D eigenvalue weighted by atomic mass is 9.77. The summed E-state index contributed by atoms with van der Waals surface area (Å²) in [5.74, 6) is -3.18. The third kappa shape index (κ3) is 3.81. The minimum atomic E-state index is -1.20. The number of nitrogens with zero attached hydrogens (tertiary/aromatic N) is 1. The van der Waals surface area contributed by atoms with Crippen LogP contribution >= 0.6 is 0 Å². The second-order valence-corrected chi connectivity index (χ2v) is 7.51.